The van der Waals surface area contributed by atoms with Crippen molar-refractivity contribution in [2.24, 2.45) is 11.8 Å². The summed E-state index contributed by atoms with van der Waals surface area (Å²) < 4.78 is 35.1. The first-order valence-corrected chi connectivity index (χ1v) is 2.92. The van der Waals surface area contributed by atoms with Crippen LogP contribution in [0.15, 0.2) is 0 Å². The zero-order valence-electron chi connectivity index (χ0n) is 5.79. The normalized spacial score (nSPS) is 16.3. The van der Waals surface area contributed by atoms with Gasteiger partial charge >= 0.3 is 6.18 Å². The Morgan fingerprint density at radius 1 is 1.00 bits per heavy atom. The molecule has 0 aromatic carbocycles. The zero-order valence-corrected chi connectivity index (χ0v) is 5.79. The third kappa shape index (κ3) is 2.72. The number of rotatable bonds is 1. The molecule has 0 N–H and O–H groups in total. The van der Waals surface area contributed by atoms with Gasteiger partial charge in [0, 0.05) is 0 Å². The van der Waals surface area contributed by atoms with E-state index in [9.17, 15) is 13.2 Å². The smallest absolute Gasteiger partial charge is 0.171 e. The molecule has 1 atom stereocenters. The number of alkyl halides is 3. The van der Waals surface area contributed by atoms with E-state index < -0.39 is 12.1 Å². The molecule has 0 aliphatic heterocycles. The van der Waals surface area contributed by atoms with Crippen molar-refractivity contribution >= 4 is 0 Å². The first kappa shape index (κ1) is 8.79. The van der Waals surface area contributed by atoms with Crippen molar-refractivity contribution in [1.82, 2.24) is 0 Å². The van der Waals surface area contributed by atoms with Crippen LogP contribution in [0.2, 0.25) is 0 Å². The number of halogens is 3. The molecule has 0 saturated carbocycles. The van der Waals surface area contributed by atoms with Crippen molar-refractivity contribution in [1.29, 1.82) is 0 Å². The Morgan fingerprint density at radius 2 is 1.33 bits per heavy atom. The Kier molecular flexibility index (Phi) is 2.52. The lowest BCUT2D eigenvalue weighted by Gasteiger charge is -2.18. The Balaban J connectivity index is 3.88. The third-order valence-electron chi connectivity index (χ3n) is 1.52. The average Bonchev–Trinajstić information content (AvgIpc) is 1.62. The minimum absolute atomic E-state index is 0.315. The van der Waals surface area contributed by atoms with Crippen molar-refractivity contribution in [2.75, 3.05) is 0 Å². The van der Waals surface area contributed by atoms with E-state index in [1.807, 2.05) is 0 Å². The highest BCUT2D eigenvalue weighted by Crippen LogP contribution is 2.30. The van der Waals surface area contributed by atoms with Crippen LogP contribution >= 0.6 is 0 Å². The molecule has 56 valence electrons. The molecule has 9 heavy (non-hydrogen) atoms. The van der Waals surface area contributed by atoms with Crippen molar-refractivity contribution < 1.29 is 13.2 Å². The predicted molar refractivity (Wildman–Crippen MR) is 30.1 cm³/mol. The maximum absolute atomic E-state index is 11.7. The predicted octanol–water partition coefficient (Wildman–Crippen LogP) is 2.84. The van der Waals surface area contributed by atoms with Crippen molar-refractivity contribution in [2.45, 2.75) is 26.9 Å². The van der Waals surface area contributed by atoms with Crippen LogP contribution in [0, 0.1) is 11.8 Å². The van der Waals surface area contributed by atoms with Crippen molar-refractivity contribution in [3.8, 4) is 0 Å². The summed E-state index contributed by atoms with van der Waals surface area (Å²) in [6.45, 7) is 4.33. The van der Waals surface area contributed by atoms with Crippen LogP contribution < -0.4 is 0 Å². The highest BCUT2D eigenvalue weighted by Gasteiger charge is 2.37. The molecule has 0 rings (SSSR count). The van der Waals surface area contributed by atoms with Gasteiger partial charge in [0.1, 0.15) is 0 Å². The summed E-state index contributed by atoms with van der Waals surface area (Å²) in [5.74, 6) is -1.50. The maximum atomic E-state index is 11.7. The summed E-state index contributed by atoms with van der Waals surface area (Å²) in [7, 11) is 0. The van der Waals surface area contributed by atoms with Crippen LogP contribution in [-0.2, 0) is 0 Å². The highest BCUT2D eigenvalue weighted by atomic mass is 19.4. The molecular weight excluding hydrogens is 129 g/mol. The molecule has 0 aromatic heterocycles. The van der Waals surface area contributed by atoms with E-state index in [1.165, 1.54) is 6.92 Å². The summed E-state index contributed by atoms with van der Waals surface area (Å²) in [5, 5.41) is 0. The molecule has 0 bridgehead atoms. The van der Waals surface area contributed by atoms with Crippen LogP contribution in [0.1, 0.15) is 20.8 Å². The Bertz CT molecular complexity index is 82.8. The molecule has 0 aliphatic carbocycles. The van der Waals surface area contributed by atoms with Gasteiger partial charge in [-0.1, -0.05) is 20.8 Å². The highest BCUT2D eigenvalue weighted by molar-refractivity contribution is 4.64. The Hall–Kier alpha value is -0.210. The van der Waals surface area contributed by atoms with Gasteiger partial charge < -0.3 is 0 Å². The van der Waals surface area contributed by atoms with Crippen LogP contribution in [0.5, 0.6) is 0 Å². The fourth-order valence-electron chi connectivity index (χ4n) is 0.378. The SMILES string of the molecule is CC(C)[C@H](C)C(F)(F)F. The Morgan fingerprint density at radius 3 is 1.33 bits per heavy atom. The second-order valence-electron chi connectivity index (χ2n) is 2.57. The van der Waals surface area contributed by atoms with Gasteiger partial charge in [-0.15, -0.1) is 0 Å². The quantitative estimate of drug-likeness (QED) is 0.525. The van der Waals surface area contributed by atoms with Gasteiger partial charge in [0.2, 0.25) is 0 Å². The van der Waals surface area contributed by atoms with Gasteiger partial charge in [-0.25, -0.2) is 0 Å². The minimum Gasteiger partial charge on any atom is -0.171 e. The van der Waals surface area contributed by atoms with Gasteiger partial charge in [0.25, 0.3) is 0 Å². The molecule has 0 radical (unpaired) electrons. The van der Waals surface area contributed by atoms with E-state index in [1.54, 1.807) is 13.8 Å². The molecule has 0 nitrogen and oxygen atoms in total. The molecule has 0 aliphatic rings. The second kappa shape index (κ2) is 2.58. The first-order valence-electron chi connectivity index (χ1n) is 2.92. The van der Waals surface area contributed by atoms with E-state index in [0.717, 1.165) is 0 Å². The topological polar surface area (TPSA) is 0 Å². The molecule has 3 heteroatoms. The van der Waals surface area contributed by atoms with Crippen LogP contribution in [-0.4, -0.2) is 6.18 Å². The standard InChI is InChI=1S/C6H11F3/c1-4(2)5(3)6(7,8)9/h4-5H,1-3H3/t5-/m0/s1. The molecule has 0 amide bonds. The van der Waals surface area contributed by atoms with Gasteiger partial charge in [0.15, 0.2) is 0 Å². The van der Waals surface area contributed by atoms with Gasteiger partial charge in [-0.2, -0.15) is 13.2 Å². The maximum Gasteiger partial charge on any atom is 0.391 e. The molecule has 0 heterocycles. The summed E-state index contributed by atoms with van der Waals surface area (Å²) in [6, 6.07) is 0. The average molecular weight is 140 g/mol. The third-order valence-corrected chi connectivity index (χ3v) is 1.52. The molecule has 0 spiro atoms. The Labute approximate surface area is 53.1 Å². The first-order chi connectivity index (χ1) is 3.85. The molecular formula is C6H11F3. The summed E-state index contributed by atoms with van der Waals surface area (Å²) in [6.07, 6.45) is -4.02. The van der Waals surface area contributed by atoms with E-state index in [2.05, 4.69) is 0 Å². The number of hydrogen-bond donors (Lipinski definition) is 0. The summed E-state index contributed by atoms with van der Waals surface area (Å²) in [5.41, 5.74) is 0. The molecule has 0 unspecified atom stereocenters. The minimum atomic E-state index is -4.02. The van der Waals surface area contributed by atoms with Crippen molar-refractivity contribution in [3.05, 3.63) is 0 Å². The fraction of sp³-hybridized carbons (Fsp3) is 1.00. The van der Waals surface area contributed by atoms with Gasteiger partial charge in [0.05, 0.1) is 5.92 Å². The number of hydrogen-bond acceptors (Lipinski definition) is 0. The zero-order chi connectivity index (χ0) is 7.65. The summed E-state index contributed by atoms with van der Waals surface area (Å²) >= 11 is 0. The molecule has 0 aromatic rings. The van der Waals surface area contributed by atoms with E-state index in [4.69, 9.17) is 0 Å². The lowest BCUT2D eigenvalue weighted by atomic mass is 9.98. The second-order valence-corrected chi connectivity index (χ2v) is 2.57. The van der Waals surface area contributed by atoms with E-state index >= 15 is 0 Å². The summed E-state index contributed by atoms with van der Waals surface area (Å²) in [4.78, 5) is 0. The van der Waals surface area contributed by atoms with E-state index in [0.29, 0.717) is 0 Å². The van der Waals surface area contributed by atoms with Crippen LogP contribution in [0.3, 0.4) is 0 Å². The lowest BCUT2D eigenvalue weighted by Crippen LogP contribution is -2.24. The largest absolute Gasteiger partial charge is 0.391 e. The van der Waals surface area contributed by atoms with Crippen molar-refractivity contribution in [3.63, 3.8) is 0 Å². The van der Waals surface area contributed by atoms with Gasteiger partial charge in [-0.3, -0.25) is 0 Å². The molecule has 0 saturated heterocycles. The van der Waals surface area contributed by atoms with Gasteiger partial charge in [-0.05, 0) is 5.92 Å². The lowest BCUT2D eigenvalue weighted by molar-refractivity contribution is -0.180. The van der Waals surface area contributed by atoms with Crippen LogP contribution in [0.4, 0.5) is 13.2 Å². The van der Waals surface area contributed by atoms with Crippen LogP contribution in [0.25, 0.3) is 0 Å². The monoisotopic (exact) mass is 140 g/mol. The molecule has 0 fully saturated rings. The van der Waals surface area contributed by atoms with E-state index in [-0.39, 0.29) is 5.92 Å². The fourth-order valence-corrected chi connectivity index (χ4v) is 0.378.